The maximum atomic E-state index is 13.3. The molecule has 1 spiro atoms. The largest absolute Gasteiger partial charge is 0.493 e. The van der Waals surface area contributed by atoms with Gasteiger partial charge in [0, 0.05) is 30.8 Å². The molecule has 3 aliphatic heterocycles. The fraction of sp³-hybridized carbons (Fsp3) is 0.348. The van der Waals surface area contributed by atoms with Crippen LogP contribution in [0.2, 0.25) is 0 Å². The van der Waals surface area contributed by atoms with Gasteiger partial charge >= 0.3 is 6.03 Å². The first-order valence-electron chi connectivity index (χ1n) is 11.1. The van der Waals surface area contributed by atoms with Crippen molar-refractivity contribution in [3.63, 3.8) is 0 Å². The molecule has 2 aromatic carbocycles. The Morgan fingerprint density at radius 2 is 1.85 bits per heavy atom. The van der Waals surface area contributed by atoms with Gasteiger partial charge in [0.05, 0.1) is 11.5 Å². The van der Waals surface area contributed by atoms with Crippen LogP contribution in [0.4, 0.5) is 10.5 Å². The molecule has 178 valence electrons. The Kier molecular flexibility index (Phi) is 5.53. The van der Waals surface area contributed by atoms with Crippen LogP contribution in [0.25, 0.3) is 0 Å². The van der Waals surface area contributed by atoms with Gasteiger partial charge in [-0.1, -0.05) is 24.3 Å². The van der Waals surface area contributed by atoms with Gasteiger partial charge in [-0.3, -0.25) is 14.5 Å². The zero-order chi connectivity index (χ0) is 23.9. The third kappa shape index (κ3) is 3.70. The number of anilines is 1. The number of fused-ring (bicyclic) bond motifs is 2. The fourth-order valence-corrected chi connectivity index (χ4v) is 6.23. The standard InChI is InChI=1S/C23H24N4O6S/c28-20(24-16-6-5-7-17(14-16)34(31,32)26-11-3-4-12-26)15-27-21(29)23(25-22(27)30)10-13-33-19-9-2-1-8-18(19)23/h1-2,5-9,14H,3-4,10-13,15H2,(H,24,28)(H,25,30). The van der Waals surface area contributed by atoms with Gasteiger partial charge in [-0.25, -0.2) is 13.2 Å². The van der Waals surface area contributed by atoms with E-state index in [1.807, 2.05) is 0 Å². The van der Waals surface area contributed by atoms with Gasteiger partial charge in [-0.15, -0.1) is 0 Å². The average Bonchev–Trinajstić information content (AvgIpc) is 3.45. The van der Waals surface area contributed by atoms with Crippen molar-refractivity contribution < 1.29 is 27.5 Å². The summed E-state index contributed by atoms with van der Waals surface area (Å²) in [4.78, 5) is 39.7. The molecule has 2 fully saturated rings. The lowest BCUT2D eigenvalue weighted by Crippen LogP contribution is -2.48. The Hall–Kier alpha value is -3.44. The fourth-order valence-electron chi connectivity index (χ4n) is 4.67. The first-order chi connectivity index (χ1) is 16.3. The van der Waals surface area contributed by atoms with Gasteiger partial charge in [0.1, 0.15) is 12.3 Å². The van der Waals surface area contributed by atoms with Crippen molar-refractivity contribution in [1.82, 2.24) is 14.5 Å². The Morgan fingerprint density at radius 3 is 2.65 bits per heavy atom. The number of hydrogen-bond donors (Lipinski definition) is 2. The third-order valence-corrected chi connectivity index (χ3v) is 8.27. The van der Waals surface area contributed by atoms with E-state index >= 15 is 0 Å². The smallest absolute Gasteiger partial charge is 0.325 e. The van der Waals surface area contributed by atoms with E-state index < -0.39 is 40.0 Å². The van der Waals surface area contributed by atoms with Gasteiger partial charge in [-0.2, -0.15) is 4.31 Å². The SMILES string of the molecule is O=C(CN1C(=O)NC2(CCOc3ccccc32)C1=O)Nc1cccc(S(=O)(=O)N2CCCC2)c1. The molecule has 0 aromatic heterocycles. The van der Waals surface area contributed by atoms with E-state index in [2.05, 4.69) is 10.6 Å². The van der Waals surface area contributed by atoms with Crippen LogP contribution in [-0.2, 0) is 25.2 Å². The number of hydrogen-bond acceptors (Lipinski definition) is 6. The minimum atomic E-state index is -3.64. The Labute approximate surface area is 196 Å². The highest BCUT2D eigenvalue weighted by molar-refractivity contribution is 7.89. The van der Waals surface area contributed by atoms with Crippen LogP contribution in [0.15, 0.2) is 53.4 Å². The van der Waals surface area contributed by atoms with Crippen LogP contribution in [-0.4, -0.2) is 61.7 Å². The molecular weight excluding hydrogens is 460 g/mol. The molecule has 11 heteroatoms. The van der Waals surface area contributed by atoms with Crippen LogP contribution in [0.5, 0.6) is 5.75 Å². The third-order valence-electron chi connectivity index (χ3n) is 6.38. The molecule has 0 radical (unpaired) electrons. The van der Waals surface area contributed by atoms with Crippen molar-refractivity contribution in [3.8, 4) is 5.75 Å². The molecule has 0 bridgehead atoms. The maximum absolute atomic E-state index is 13.3. The van der Waals surface area contributed by atoms with Crippen molar-refractivity contribution in [3.05, 3.63) is 54.1 Å². The minimum Gasteiger partial charge on any atom is -0.493 e. The van der Waals surface area contributed by atoms with Gasteiger partial charge in [0.2, 0.25) is 15.9 Å². The summed E-state index contributed by atoms with van der Waals surface area (Å²) in [6.07, 6.45) is 1.89. The van der Waals surface area contributed by atoms with E-state index in [-0.39, 0.29) is 23.6 Å². The van der Waals surface area contributed by atoms with Crippen molar-refractivity contribution in [2.75, 3.05) is 31.6 Å². The van der Waals surface area contributed by atoms with E-state index in [1.54, 1.807) is 36.4 Å². The molecule has 10 nitrogen and oxygen atoms in total. The molecule has 2 saturated heterocycles. The summed E-state index contributed by atoms with van der Waals surface area (Å²) in [5.74, 6) is -0.616. The number of urea groups is 1. The van der Waals surface area contributed by atoms with Crippen LogP contribution >= 0.6 is 0 Å². The summed E-state index contributed by atoms with van der Waals surface area (Å²) in [6, 6.07) is 12.3. The molecule has 34 heavy (non-hydrogen) atoms. The number of imide groups is 1. The molecule has 3 aliphatic rings. The monoisotopic (exact) mass is 484 g/mol. The summed E-state index contributed by atoms with van der Waals surface area (Å²) in [7, 11) is -3.64. The zero-order valence-electron chi connectivity index (χ0n) is 18.3. The summed E-state index contributed by atoms with van der Waals surface area (Å²) >= 11 is 0. The molecule has 1 unspecified atom stereocenters. The summed E-state index contributed by atoms with van der Waals surface area (Å²) in [5, 5.41) is 5.35. The lowest BCUT2D eigenvalue weighted by atomic mass is 9.84. The molecule has 1 atom stereocenters. The first kappa shape index (κ1) is 22.4. The molecule has 0 saturated carbocycles. The zero-order valence-corrected chi connectivity index (χ0v) is 19.1. The lowest BCUT2D eigenvalue weighted by Gasteiger charge is -2.33. The predicted octanol–water partition coefficient (Wildman–Crippen LogP) is 1.64. The highest BCUT2D eigenvalue weighted by Crippen LogP contribution is 2.40. The molecule has 2 N–H and O–H groups in total. The van der Waals surface area contributed by atoms with Crippen molar-refractivity contribution >= 4 is 33.6 Å². The number of amides is 4. The molecule has 0 aliphatic carbocycles. The summed E-state index contributed by atoms with van der Waals surface area (Å²) in [5.41, 5.74) is -0.443. The van der Waals surface area contributed by atoms with E-state index in [4.69, 9.17) is 4.74 Å². The Bertz CT molecular complexity index is 1270. The van der Waals surface area contributed by atoms with E-state index in [0.29, 0.717) is 24.4 Å². The second-order valence-corrected chi connectivity index (χ2v) is 10.4. The lowest BCUT2D eigenvalue weighted by molar-refractivity contribution is -0.135. The average molecular weight is 485 g/mol. The number of ether oxygens (including phenoxy) is 1. The van der Waals surface area contributed by atoms with Gasteiger partial charge in [0.25, 0.3) is 5.91 Å². The normalized spacial score (nSPS) is 22.4. The topological polar surface area (TPSA) is 125 Å². The van der Waals surface area contributed by atoms with E-state index in [1.165, 1.54) is 16.4 Å². The highest BCUT2D eigenvalue weighted by Gasteiger charge is 2.55. The molecular formula is C23H24N4O6S. The van der Waals surface area contributed by atoms with Crippen molar-refractivity contribution in [1.29, 1.82) is 0 Å². The molecule has 3 heterocycles. The van der Waals surface area contributed by atoms with Gasteiger partial charge in [-0.05, 0) is 37.1 Å². The number of carbonyl (C=O) groups excluding carboxylic acids is 3. The van der Waals surface area contributed by atoms with Gasteiger partial charge < -0.3 is 15.4 Å². The van der Waals surface area contributed by atoms with Gasteiger partial charge in [0.15, 0.2) is 5.54 Å². The second-order valence-electron chi connectivity index (χ2n) is 8.51. The molecule has 2 aromatic rings. The first-order valence-corrected chi connectivity index (χ1v) is 12.5. The maximum Gasteiger partial charge on any atom is 0.325 e. The number of nitrogens with zero attached hydrogens (tertiary/aromatic N) is 2. The van der Waals surface area contributed by atoms with Crippen molar-refractivity contribution in [2.45, 2.75) is 29.7 Å². The number of benzene rings is 2. The highest BCUT2D eigenvalue weighted by atomic mass is 32.2. The number of rotatable bonds is 5. The van der Waals surface area contributed by atoms with E-state index in [0.717, 1.165) is 17.7 Å². The van der Waals surface area contributed by atoms with Crippen LogP contribution in [0.1, 0.15) is 24.8 Å². The number of sulfonamides is 1. The quantitative estimate of drug-likeness (QED) is 0.622. The van der Waals surface area contributed by atoms with Crippen LogP contribution < -0.4 is 15.4 Å². The van der Waals surface area contributed by atoms with Crippen molar-refractivity contribution in [2.24, 2.45) is 0 Å². The summed E-state index contributed by atoms with van der Waals surface area (Å²) in [6.45, 7) is 0.696. The number of nitrogens with one attached hydrogen (secondary N) is 2. The number of carbonyl (C=O) groups is 3. The minimum absolute atomic E-state index is 0.0833. The number of para-hydroxylation sites is 1. The van der Waals surface area contributed by atoms with Crippen LogP contribution in [0, 0.1) is 0 Å². The Morgan fingerprint density at radius 1 is 1.09 bits per heavy atom. The Balaban J connectivity index is 1.31. The molecule has 4 amide bonds. The predicted molar refractivity (Wildman–Crippen MR) is 122 cm³/mol. The summed E-state index contributed by atoms with van der Waals surface area (Å²) < 4.78 is 32.6. The van der Waals surface area contributed by atoms with E-state index in [9.17, 15) is 22.8 Å². The molecule has 5 rings (SSSR count). The second kappa shape index (κ2) is 8.41. The van der Waals surface area contributed by atoms with Crippen LogP contribution in [0.3, 0.4) is 0 Å².